The number of carbonyl (C=O) groups is 1. The molecule has 0 saturated carbocycles. The van der Waals surface area contributed by atoms with E-state index in [-0.39, 0.29) is 30.8 Å². The number of alkyl halides is 3. The Labute approximate surface area is 163 Å². The number of ether oxygens (including phenoxy) is 1. The minimum Gasteiger partial charge on any atom is -0.441 e. The first-order chi connectivity index (χ1) is 13.8. The molecular formula is C17H18F3N5O4. The number of carbonyl (C=O) groups excluding carboxylic acids is 1. The molecule has 3 heterocycles. The van der Waals surface area contributed by atoms with Gasteiger partial charge in [0.15, 0.2) is 11.5 Å². The highest BCUT2D eigenvalue weighted by Crippen LogP contribution is 2.28. The van der Waals surface area contributed by atoms with Crippen molar-refractivity contribution in [2.75, 3.05) is 13.2 Å². The number of aliphatic imine (C=N–C) groups is 1. The molecule has 12 heteroatoms. The van der Waals surface area contributed by atoms with Crippen LogP contribution in [0.2, 0.25) is 0 Å². The number of aliphatic hydroxyl groups excluding tert-OH is 1. The van der Waals surface area contributed by atoms with Gasteiger partial charge in [0.1, 0.15) is 6.26 Å². The molecule has 2 aromatic heterocycles. The monoisotopic (exact) mass is 413 g/mol. The van der Waals surface area contributed by atoms with E-state index in [0.29, 0.717) is 6.20 Å². The number of nitrogens with zero attached hydrogens (tertiary/aromatic N) is 4. The second kappa shape index (κ2) is 8.66. The molecule has 2 N–H and O–H groups in total. The molecule has 1 saturated heterocycles. The average molecular weight is 413 g/mol. The first kappa shape index (κ1) is 20.9. The van der Waals surface area contributed by atoms with Gasteiger partial charge in [0.05, 0.1) is 37.4 Å². The highest BCUT2D eigenvalue weighted by atomic mass is 19.4. The Bertz CT molecular complexity index is 859. The first-order valence-electron chi connectivity index (χ1n) is 8.66. The molecule has 0 bridgehead atoms. The van der Waals surface area contributed by atoms with Gasteiger partial charge in [-0.2, -0.15) is 13.2 Å². The lowest BCUT2D eigenvalue weighted by Gasteiger charge is -2.37. The number of amides is 1. The Morgan fingerprint density at radius 1 is 1.45 bits per heavy atom. The number of hydrogen-bond donors (Lipinski definition) is 2. The highest BCUT2D eigenvalue weighted by molar-refractivity contribution is 5.89. The zero-order chi connectivity index (χ0) is 21.0. The van der Waals surface area contributed by atoms with Crippen LogP contribution >= 0.6 is 0 Å². The molecule has 1 unspecified atom stereocenters. The summed E-state index contributed by atoms with van der Waals surface area (Å²) in [5.74, 6) is -1.74. The van der Waals surface area contributed by atoms with Crippen molar-refractivity contribution < 1.29 is 32.2 Å². The van der Waals surface area contributed by atoms with E-state index >= 15 is 0 Å². The van der Waals surface area contributed by atoms with E-state index < -0.39 is 35.9 Å². The van der Waals surface area contributed by atoms with Crippen LogP contribution in [0, 0.1) is 11.8 Å². The number of aromatic nitrogens is 3. The molecule has 1 aliphatic rings. The van der Waals surface area contributed by atoms with Crippen LogP contribution in [0.4, 0.5) is 19.0 Å². The summed E-state index contributed by atoms with van der Waals surface area (Å²) in [4.78, 5) is 26.4. The van der Waals surface area contributed by atoms with Crippen LogP contribution in [0.3, 0.4) is 0 Å². The van der Waals surface area contributed by atoms with Crippen LogP contribution in [-0.2, 0) is 10.9 Å². The Morgan fingerprint density at radius 2 is 2.24 bits per heavy atom. The minimum absolute atomic E-state index is 0.0704. The Balaban J connectivity index is 1.57. The Hall–Kier alpha value is -2.86. The standard InChI is InChI=1S/C17H18F3N5O4/c1-9-11(5-24-15(27)16-22-2-3-28-16)29-8-10(14(9)26)4-23-13-7-21-6-12(25-13)17(18,19)20/h2-4,6-7,9-11,14,26H,5,8H2,1H3,(H,24,27)/t9-,10?,11+,14-/m0/s1. The molecule has 1 fully saturated rings. The van der Waals surface area contributed by atoms with Crippen molar-refractivity contribution in [1.29, 1.82) is 0 Å². The van der Waals surface area contributed by atoms with Gasteiger partial charge in [-0.1, -0.05) is 6.92 Å². The average Bonchev–Trinajstić information content (AvgIpc) is 3.22. The highest BCUT2D eigenvalue weighted by Gasteiger charge is 2.36. The normalized spacial score (nSPS) is 25.3. The largest absolute Gasteiger partial charge is 0.441 e. The van der Waals surface area contributed by atoms with Crippen LogP contribution in [0.15, 0.2) is 34.3 Å². The number of rotatable bonds is 5. The number of aliphatic hydroxyl groups is 1. The lowest BCUT2D eigenvalue weighted by Crippen LogP contribution is -2.49. The molecule has 1 amide bonds. The molecule has 0 radical (unpaired) electrons. The van der Waals surface area contributed by atoms with E-state index in [4.69, 9.17) is 9.15 Å². The summed E-state index contributed by atoms with van der Waals surface area (Å²) < 4.78 is 48.6. The molecule has 0 spiro atoms. The van der Waals surface area contributed by atoms with Crippen molar-refractivity contribution in [3.63, 3.8) is 0 Å². The van der Waals surface area contributed by atoms with Gasteiger partial charge in [0.2, 0.25) is 0 Å². The van der Waals surface area contributed by atoms with Gasteiger partial charge in [-0.15, -0.1) is 0 Å². The molecule has 3 rings (SSSR count). The smallest absolute Gasteiger partial charge is 0.434 e. The van der Waals surface area contributed by atoms with Crippen molar-refractivity contribution in [2.45, 2.75) is 25.3 Å². The summed E-state index contributed by atoms with van der Waals surface area (Å²) in [6.07, 6.45) is -0.357. The van der Waals surface area contributed by atoms with E-state index in [0.717, 1.165) is 6.20 Å². The van der Waals surface area contributed by atoms with E-state index in [2.05, 4.69) is 25.3 Å². The van der Waals surface area contributed by atoms with Crippen LogP contribution in [0.1, 0.15) is 23.3 Å². The zero-order valence-corrected chi connectivity index (χ0v) is 15.2. The summed E-state index contributed by atoms with van der Waals surface area (Å²) in [5, 5.41) is 13.1. The number of hydrogen-bond acceptors (Lipinski definition) is 8. The Morgan fingerprint density at radius 3 is 2.93 bits per heavy atom. The van der Waals surface area contributed by atoms with E-state index in [1.807, 2.05) is 0 Å². The summed E-state index contributed by atoms with van der Waals surface area (Å²) in [5.41, 5.74) is -1.15. The third kappa shape index (κ3) is 5.15. The maximum absolute atomic E-state index is 12.7. The fourth-order valence-electron chi connectivity index (χ4n) is 2.80. The van der Waals surface area contributed by atoms with Crippen LogP contribution in [0.25, 0.3) is 0 Å². The van der Waals surface area contributed by atoms with Gasteiger partial charge in [-0.3, -0.25) is 9.78 Å². The molecule has 4 atom stereocenters. The van der Waals surface area contributed by atoms with Gasteiger partial charge in [-0.25, -0.2) is 15.0 Å². The maximum Gasteiger partial charge on any atom is 0.434 e. The van der Waals surface area contributed by atoms with Crippen LogP contribution in [0.5, 0.6) is 0 Å². The van der Waals surface area contributed by atoms with Crippen LogP contribution < -0.4 is 5.32 Å². The fourth-order valence-corrected chi connectivity index (χ4v) is 2.80. The predicted octanol–water partition coefficient (Wildman–Crippen LogP) is 1.63. The predicted molar refractivity (Wildman–Crippen MR) is 92.4 cm³/mol. The van der Waals surface area contributed by atoms with Gasteiger partial charge >= 0.3 is 12.1 Å². The number of nitrogens with one attached hydrogen (secondary N) is 1. The van der Waals surface area contributed by atoms with Crippen LogP contribution in [-0.4, -0.2) is 57.5 Å². The van der Waals surface area contributed by atoms with Crippen molar-refractivity contribution in [3.8, 4) is 0 Å². The zero-order valence-electron chi connectivity index (χ0n) is 15.2. The summed E-state index contributed by atoms with van der Waals surface area (Å²) in [6.45, 7) is 1.93. The van der Waals surface area contributed by atoms with Crippen molar-refractivity contribution in [1.82, 2.24) is 20.3 Å². The third-order valence-corrected chi connectivity index (χ3v) is 4.47. The van der Waals surface area contributed by atoms with Gasteiger partial charge in [0, 0.05) is 24.6 Å². The SMILES string of the molecule is C[C@@H]1[C@H](O)C(C=Nc2cncc(C(F)(F)F)n2)CO[C@@H]1CNC(=O)c1ncco1. The second-order valence-electron chi connectivity index (χ2n) is 6.47. The Kier molecular flexibility index (Phi) is 6.23. The third-order valence-electron chi connectivity index (χ3n) is 4.47. The van der Waals surface area contributed by atoms with Crippen molar-refractivity contribution in [3.05, 3.63) is 36.4 Å². The lowest BCUT2D eigenvalue weighted by atomic mass is 9.86. The van der Waals surface area contributed by atoms with E-state index in [9.17, 15) is 23.1 Å². The van der Waals surface area contributed by atoms with E-state index in [1.165, 1.54) is 18.7 Å². The number of halogens is 3. The summed E-state index contributed by atoms with van der Waals surface area (Å²) in [7, 11) is 0. The lowest BCUT2D eigenvalue weighted by molar-refractivity contribution is -0.141. The molecule has 2 aromatic rings. The van der Waals surface area contributed by atoms with Crippen molar-refractivity contribution in [2.24, 2.45) is 16.8 Å². The second-order valence-corrected chi connectivity index (χ2v) is 6.47. The maximum atomic E-state index is 12.7. The topological polar surface area (TPSA) is 123 Å². The molecule has 29 heavy (non-hydrogen) atoms. The summed E-state index contributed by atoms with van der Waals surface area (Å²) in [6, 6.07) is 0. The molecule has 0 aromatic carbocycles. The molecule has 0 aliphatic carbocycles. The molecule has 1 aliphatic heterocycles. The number of oxazole rings is 1. The molecule has 9 nitrogen and oxygen atoms in total. The quantitative estimate of drug-likeness (QED) is 0.714. The van der Waals surface area contributed by atoms with E-state index in [1.54, 1.807) is 6.92 Å². The first-order valence-corrected chi connectivity index (χ1v) is 8.66. The fraction of sp³-hybridized carbons (Fsp3) is 0.471. The summed E-state index contributed by atoms with van der Waals surface area (Å²) >= 11 is 0. The van der Waals surface area contributed by atoms with Gasteiger partial charge in [-0.05, 0) is 0 Å². The van der Waals surface area contributed by atoms with Gasteiger partial charge in [0.25, 0.3) is 5.89 Å². The minimum atomic E-state index is -4.62. The van der Waals surface area contributed by atoms with Crippen molar-refractivity contribution >= 4 is 17.9 Å². The molecule has 156 valence electrons. The van der Waals surface area contributed by atoms with Gasteiger partial charge < -0.3 is 19.6 Å². The molecular weight excluding hydrogens is 395 g/mol.